The van der Waals surface area contributed by atoms with E-state index in [9.17, 15) is 8.42 Å². The van der Waals surface area contributed by atoms with E-state index < -0.39 is 10.0 Å². The zero-order chi connectivity index (χ0) is 14.0. The fourth-order valence-corrected chi connectivity index (χ4v) is 5.82. The molecule has 3 N–H and O–H groups in total. The Labute approximate surface area is 129 Å². The van der Waals surface area contributed by atoms with Crippen LogP contribution in [0.3, 0.4) is 0 Å². The molecule has 8 heteroatoms. The molecular weight excluding hydrogens is 400 g/mol. The number of benzene rings is 1. The lowest BCUT2D eigenvalue weighted by molar-refractivity contribution is 0.0774. The first-order chi connectivity index (χ1) is 8.90. The molecule has 0 amide bonds. The Kier molecular flexibility index (Phi) is 4.88. The number of hydrogen-bond acceptors (Lipinski definition) is 4. The molecule has 5 nitrogen and oxygen atoms in total. The quantitative estimate of drug-likeness (QED) is 0.744. The van der Waals surface area contributed by atoms with Gasteiger partial charge in [-0.2, -0.15) is 0 Å². The van der Waals surface area contributed by atoms with E-state index in [1.165, 1.54) is 0 Å². The highest BCUT2D eigenvalue weighted by Gasteiger charge is 2.26. The smallest absolute Gasteiger partial charge is 0.243 e. The summed E-state index contributed by atoms with van der Waals surface area (Å²) >= 11 is 6.48. The largest absolute Gasteiger partial charge is 0.399 e. The number of ether oxygens (including phenoxy) is 1. The summed E-state index contributed by atoms with van der Waals surface area (Å²) in [5.41, 5.74) is 6.15. The monoisotopic (exact) mass is 412 g/mol. The number of anilines is 1. The fraction of sp³-hybridized carbons (Fsp3) is 0.455. The summed E-state index contributed by atoms with van der Waals surface area (Å²) in [5, 5.41) is 0. The Morgan fingerprint density at radius 1 is 1.32 bits per heavy atom. The maximum absolute atomic E-state index is 12.4. The fourth-order valence-electron chi connectivity index (χ4n) is 1.95. The van der Waals surface area contributed by atoms with Crippen molar-refractivity contribution < 1.29 is 13.2 Å². The third-order valence-corrected chi connectivity index (χ3v) is 6.17. The lowest BCUT2D eigenvalue weighted by Crippen LogP contribution is -2.40. The summed E-state index contributed by atoms with van der Waals surface area (Å²) in [6.07, 6.45) is 1.64. The van der Waals surface area contributed by atoms with Gasteiger partial charge in [-0.05, 0) is 56.8 Å². The Bertz CT molecular complexity index is 548. The van der Waals surface area contributed by atoms with Crippen LogP contribution in [0, 0.1) is 0 Å². The van der Waals surface area contributed by atoms with Gasteiger partial charge >= 0.3 is 0 Å². The molecule has 1 heterocycles. The summed E-state index contributed by atoms with van der Waals surface area (Å²) in [5.74, 6) is 0. The van der Waals surface area contributed by atoms with Crippen LogP contribution in [0.5, 0.6) is 0 Å². The third kappa shape index (κ3) is 3.69. The average molecular weight is 414 g/mol. The van der Waals surface area contributed by atoms with E-state index in [-0.39, 0.29) is 10.9 Å². The molecule has 0 aromatic heterocycles. The second-order valence-electron chi connectivity index (χ2n) is 4.35. The molecule has 1 unspecified atom stereocenters. The van der Waals surface area contributed by atoms with Crippen LogP contribution in [-0.2, 0) is 14.8 Å². The van der Waals surface area contributed by atoms with Crippen molar-refractivity contribution in [3.63, 3.8) is 0 Å². The van der Waals surface area contributed by atoms with Crippen LogP contribution < -0.4 is 10.5 Å². The highest BCUT2D eigenvalue weighted by atomic mass is 79.9. The first-order valence-electron chi connectivity index (χ1n) is 5.75. The predicted molar refractivity (Wildman–Crippen MR) is 80.4 cm³/mol. The molecular formula is C11H14Br2N2O3S. The van der Waals surface area contributed by atoms with Crippen molar-refractivity contribution in [3.8, 4) is 0 Å². The Morgan fingerprint density at radius 3 is 2.47 bits per heavy atom. The first-order valence-corrected chi connectivity index (χ1v) is 8.81. The van der Waals surface area contributed by atoms with E-state index in [1.54, 1.807) is 12.1 Å². The highest BCUT2D eigenvalue weighted by molar-refractivity contribution is 9.11. The lowest BCUT2D eigenvalue weighted by Gasteiger charge is -2.23. The first kappa shape index (κ1) is 15.2. The van der Waals surface area contributed by atoms with Crippen molar-refractivity contribution in [1.82, 2.24) is 4.72 Å². The van der Waals surface area contributed by atoms with Crippen LogP contribution in [0.15, 0.2) is 26.0 Å². The van der Waals surface area contributed by atoms with Gasteiger partial charge in [0.15, 0.2) is 0 Å². The van der Waals surface area contributed by atoms with Gasteiger partial charge in [0.1, 0.15) is 4.90 Å². The number of sulfonamides is 1. The molecule has 1 aromatic rings. The Balaban J connectivity index is 2.29. The van der Waals surface area contributed by atoms with Gasteiger partial charge < -0.3 is 10.5 Å². The lowest BCUT2D eigenvalue weighted by atomic mass is 10.1. The number of halogens is 2. The van der Waals surface area contributed by atoms with E-state index in [2.05, 4.69) is 36.6 Å². The molecule has 1 atom stereocenters. The van der Waals surface area contributed by atoms with E-state index in [1.807, 2.05) is 0 Å². The van der Waals surface area contributed by atoms with Crippen molar-refractivity contribution in [1.29, 1.82) is 0 Å². The predicted octanol–water partition coefficient (Wildman–Crippen LogP) is 2.25. The van der Waals surface area contributed by atoms with Gasteiger partial charge in [0, 0.05) is 27.3 Å². The van der Waals surface area contributed by atoms with Gasteiger partial charge in [0.2, 0.25) is 10.0 Å². The maximum atomic E-state index is 12.4. The Hall–Kier alpha value is -0.150. The molecule has 0 spiro atoms. The van der Waals surface area contributed by atoms with Gasteiger partial charge in [-0.3, -0.25) is 0 Å². The summed E-state index contributed by atoms with van der Waals surface area (Å²) in [6.45, 7) is 1.09. The van der Waals surface area contributed by atoms with Crippen molar-refractivity contribution in [2.75, 3.05) is 18.9 Å². The molecule has 1 fully saturated rings. The maximum Gasteiger partial charge on any atom is 0.243 e. The number of nitrogens with one attached hydrogen (secondary N) is 1. The van der Waals surface area contributed by atoms with Crippen LogP contribution in [0.25, 0.3) is 0 Å². The third-order valence-electron chi connectivity index (χ3n) is 2.77. The number of hydrogen-bond donors (Lipinski definition) is 2. The summed E-state index contributed by atoms with van der Waals surface area (Å²) in [7, 11) is -3.62. The molecule has 1 aromatic carbocycles. The molecule has 19 heavy (non-hydrogen) atoms. The summed E-state index contributed by atoms with van der Waals surface area (Å²) in [6, 6.07) is 2.95. The topological polar surface area (TPSA) is 81.4 Å². The zero-order valence-electron chi connectivity index (χ0n) is 10.0. The van der Waals surface area contributed by atoms with Crippen LogP contribution in [0.1, 0.15) is 12.8 Å². The average Bonchev–Trinajstić information content (AvgIpc) is 2.27. The van der Waals surface area contributed by atoms with E-state index in [4.69, 9.17) is 10.5 Å². The van der Waals surface area contributed by atoms with E-state index in [0.29, 0.717) is 27.8 Å². The summed E-state index contributed by atoms with van der Waals surface area (Å²) in [4.78, 5) is 0.160. The molecule has 2 rings (SSSR count). The number of nitrogens with two attached hydrogens (primary N) is 1. The Morgan fingerprint density at radius 2 is 1.95 bits per heavy atom. The SMILES string of the molecule is Nc1cc(Br)c(S(=O)(=O)NC2CCCOC2)c(Br)c1. The van der Waals surface area contributed by atoms with Crippen LogP contribution >= 0.6 is 31.9 Å². The number of rotatable bonds is 3. The zero-order valence-corrected chi connectivity index (χ0v) is 14.0. The van der Waals surface area contributed by atoms with Gasteiger partial charge in [-0.1, -0.05) is 0 Å². The second-order valence-corrected chi connectivity index (χ2v) is 7.71. The molecule has 1 aliphatic heterocycles. The van der Waals surface area contributed by atoms with Crippen molar-refractivity contribution in [2.24, 2.45) is 0 Å². The van der Waals surface area contributed by atoms with Gasteiger partial charge in [0.25, 0.3) is 0 Å². The van der Waals surface area contributed by atoms with Crippen LogP contribution in [0.2, 0.25) is 0 Å². The van der Waals surface area contributed by atoms with Gasteiger partial charge in [-0.25, -0.2) is 13.1 Å². The number of nitrogen functional groups attached to an aromatic ring is 1. The van der Waals surface area contributed by atoms with Gasteiger partial charge in [0.05, 0.1) is 6.61 Å². The molecule has 1 aliphatic rings. The minimum absolute atomic E-state index is 0.160. The second kappa shape index (κ2) is 6.09. The molecule has 0 bridgehead atoms. The highest BCUT2D eigenvalue weighted by Crippen LogP contribution is 2.32. The van der Waals surface area contributed by atoms with Crippen molar-refractivity contribution >= 4 is 47.6 Å². The van der Waals surface area contributed by atoms with Crippen LogP contribution in [-0.4, -0.2) is 27.7 Å². The van der Waals surface area contributed by atoms with Crippen molar-refractivity contribution in [3.05, 3.63) is 21.1 Å². The summed E-state index contributed by atoms with van der Waals surface area (Å²) < 4.78 is 33.6. The molecule has 106 valence electrons. The molecule has 0 radical (unpaired) electrons. The van der Waals surface area contributed by atoms with Crippen molar-refractivity contribution in [2.45, 2.75) is 23.8 Å². The van der Waals surface area contributed by atoms with Crippen LogP contribution in [0.4, 0.5) is 5.69 Å². The van der Waals surface area contributed by atoms with E-state index in [0.717, 1.165) is 12.8 Å². The molecule has 1 saturated heterocycles. The standard InChI is InChI=1S/C11H14Br2N2O3S/c12-9-4-7(14)5-10(13)11(9)19(16,17)15-8-2-1-3-18-6-8/h4-5,8,15H,1-3,6,14H2. The molecule has 0 saturated carbocycles. The minimum atomic E-state index is -3.62. The van der Waals surface area contributed by atoms with Gasteiger partial charge in [-0.15, -0.1) is 0 Å². The van der Waals surface area contributed by atoms with E-state index >= 15 is 0 Å². The minimum Gasteiger partial charge on any atom is -0.399 e. The normalized spacial score (nSPS) is 20.4. The molecule has 0 aliphatic carbocycles.